The lowest BCUT2D eigenvalue weighted by molar-refractivity contribution is 0.209. The zero-order valence-corrected chi connectivity index (χ0v) is 7.52. The van der Waals surface area contributed by atoms with E-state index in [0.29, 0.717) is 12.0 Å². The first kappa shape index (κ1) is 9.09. The number of aliphatic hydroxyl groups is 1. The van der Waals surface area contributed by atoms with Gasteiger partial charge in [0.1, 0.15) is 11.9 Å². The summed E-state index contributed by atoms with van der Waals surface area (Å²) < 4.78 is 13.3. The van der Waals surface area contributed by atoms with Crippen molar-refractivity contribution in [2.75, 3.05) is 0 Å². The van der Waals surface area contributed by atoms with E-state index < -0.39 is 6.10 Å². The second-order valence-corrected chi connectivity index (χ2v) is 3.16. The molecule has 1 aliphatic heterocycles. The summed E-state index contributed by atoms with van der Waals surface area (Å²) in [7, 11) is 0. The fourth-order valence-corrected chi connectivity index (χ4v) is 1.44. The Morgan fingerprint density at radius 2 is 2.14 bits per heavy atom. The predicted octanol–water partition coefficient (Wildman–Crippen LogP) is 2.22. The quantitative estimate of drug-likeness (QED) is 0.763. The van der Waals surface area contributed by atoms with Crippen LogP contribution in [0.4, 0.5) is 4.39 Å². The number of aliphatic imine (C=N–C) groups is 1. The van der Waals surface area contributed by atoms with Crippen LogP contribution in [0.25, 0.3) is 0 Å². The molecule has 0 aliphatic carbocycles. The number of hydrogen-bond donors (Lipinski definition) is 1. The maximum atomic E-state index is 13.3. The molecule has 0 aromatic heterocycles. The van der Waals surface area contributed by atoms with Gasteiger partial charge in [0.2, 0.25) is 0 Å². The molecule has 0 bridgehead atoms. The molecule has 2 nitrogen and oxygen atoms in total. The normalized spacial score (nSPS) is 16.9. The van der Waals surface area contributed by atoms with Crippen molar-refractivity contribution in [2.24, 2.45) is 4.99 Å². The maximum absolute atomic E-state index is 13.3. The van der Waals surface area contributed by atoms with Gasteiger partial charge in [-0.3, -0.25) is 4.99 Å². The molecule has 1 aromatic carbocycles. The van der Waals surface area contributed by atoms with Crippen LogP contribution in [0.15, 0.2) is 41.0 Å². The van der Waals surface area contributed by atoms with E-state index in [0.717, 1.165) is 5.57 Å². The van der Waals surface area contributed by atoms with Gasteiger partial charge in [0, 0.05) is 24.4 Å². The van der Waals surface area contributed by atoms with Crippen molar-refractivity contribution in [1.29, 1.82) is 0 Å². The summed E-state index contributed by atoms with van der Waals surface area (Å²) >= 11 is 0. The van der Waals surface area contributed by atoms with E-state index in [1.165, 1.54) is 6.07 Å². The van der Waals surface area contributed by atoms with Crippen molar-refractivity contribution in [3.05, 3.63) is 47.4 Å². The zero-order chi connectivity index (χ0) is 9.97. The van der Waals surface area contributed by atoms with E-state index in [1.807, 2.05) is 0 Å². The minimum atomic E-state index is -0.876. The molecule has 0 radical (unpaired) electrons. The molecular formula is C11H10FNO. The highest BCUT2D eigenvalue weighted by atomic mass is 19.1. The van der Waals surface area contributed by atoms with Crippen molar-refractivity contribution >= 4 is 6.21 Å². The number of benzene rings is 1. The molecule has 1 heterocycles. The Hall–Kier alpha value is -1.48. The highest BCUT2D eigenvalue weighted by Gasteiger charge is 2.17. The molecule has 0 spiro atoms. The number of halogens is 1. The molecule has 2 rings (SSSR count). The van der Waals surface area contributed by atoms with Crippen molar-refractivity contribution < 1.29 is 9.50 Å². The van der Waals surface area contributed by atoms with Gasteiger partial charge in [-0.1, -0.05) is 18.2 Å². The van der Waals surface area contributed by atoms with Crippen LogP contribution in [0.3, 0.4) is 0 Å². The highest BCUT2D eigenvalue weighted by molar-refractivity contribution is 5.66. The summed E-state index contributed by atoms with van der Waals surface area (Å²) in [6, 6.07) is 6.23. The third-order valence-electron chi connectivity index (χ3n) is 2.22. The minimum Gasteiger partial charge on any atom is -0.384 e. The summed E-state index contributed by atoms with van der Waals surface area (Å²) in [4.78, 5) is 3.87. The van der Waals surface area contributed by atoms with Crippen LogP contribution in [0.5, 0.6) is 0 Å². The first-order valence-corrected chi connectivity index (χ1v) is 4.42. The van der Waals surface area contributed by atoms with Crippen molar-refractivity contribution in [1.82, 2.24) is 0 Å². The summed E-state index contributed by atoms with van der Waals surface area (Å²) in [6.45, 7) is 0. The van der Waals surface area contributed by atoms with Gasteiger partial charge in [-0.2, -0.15) is 0 Å². The minimum absolute atomic E-state index is 0.309. The van der Waals surface area contributed by atoms with Gasteiger partial charge < -0.3 is 5.11 Å². The summed E-state index contributed by atoms with van der Waals surface area (Å²) in [5, 5.41) is 9.81. The fourth-order valence-electron chi connectivity index (χ4n) is 1.44. The van der Waals surface area contributed by atoms with Crippen molar-refractivity contribution in [3.63, 3.8) is 0 Å². The largest absolute Gasteiger partial charge is 0.384 e. The van der Waals surface area contributed by atoms with Gasteiger partial charge in [0.25, 0.3) is 0 Å². The van der Waals surface area contributed by atoms with Crippen LogP contribution in [0.1, 0.15) is 18.1 Å². The Balaban J connectivity index is 2.27. The van der Waals surface area contributed by atoms with Crippen LogP contribution < -0.4 is 0 Å². The lowest BCUT2D eigenvalue weighted by atomic mass is 10.0. The van der Waals surface area contributed by atoms with Crippen LogP contribution in [0, 0.1) is 5.82 Å². The van der Waals surface area contributed by atoms with Crippen LogP contribution >= 0.6 is 0 Å². The van der Waals surface area contributed by atoms with E-state index in [-0.39, 0.29) is 5.82 Å². The first-order valence-electron chi connectivity index (χ1n) is 4.42. The maximum Gasteiger partial charge on any atom is 0.129 e. The van der Waals surface area contributed by atoms with Crippen LogP contribution in [-0.4, -0.2) is 11.3 Å². The SMILES string of the molecule is OC(C1=CN=CC1)c1ccccc1F. The average Bonchev–Trinajstić information content (AvgIpc) is 2.70. The summed E-state index contributed by atoms with van der Waals surface area (Å²) in [5.41, 5.74) is 1.04. The van der Waals surface area contributed by atoms with Gasteiger partial charge in [-0.05, 0) is 11.6 Å². The molecule has 1 atom stereocenters. The second-order valence-electron chi connectivity index (χ2n) is 3.16. The van der Waals surface area contributed by atoms with E-state index in [4.69, 9.17) is 0 Å². The first-order chi connectivity index (χ1) is 6.79. The summed E-state index contributed by atoms with van der Waals surface area (Å²) in [5.74, 6) is -0.382. The van der Waals surface area contributed by atoms with Crippen LogP contribution in [-0.2, 0) is 0 Å². The number of aliphatic hydroxyl groups excluding tert-OH is 1. The molecule has 3 heteroatoms. The van der Waals surface area contributed by atoms with Gasteiger partial charge in [0.05, 0.1) is 0 Å². The molecule has 1 aliphatic rings. The Labute approximate surface area is 81.4 Å². The molecule has 72 valence electrons. The average molecular weight is 191 g/mol. The number of nitrogens with zero attached hydrogens (tertiary/aromatic N) is 1. The van der Waals surface area contributed by atoms with Gasteiger partial charge in [0.15, 0.2) is 0 Å². The second kappa shape index (κ2) is 3.72. The van der Waals surface area contributed by atoms with Crippen molar-refractivity contribution in [3.8, 4) is 0 Å². The predicted molar refractivity (Wildman–Crippen MR) is 52.6 cm³/mol. The summed E-state index contributed by atoms with van der Waals surface area (Å²) in [6.07, 6.45) is 2.99. The Morgan fingerprint density at radius 1 is 1.36 bits per heavy atom. The highest BCUT2D eigenvalue weighted by Crippen LogP contribution is 2.27. The Morgan fingerprint density at radius 3 is 2.79 bits per heavy atom. The molecule has 0 saturated heterocycles. The third kappa shape index (κ3) is 1.59. The molecule has 0 amide bonds. The number of hydrogen-bond acceptors (Lipinski definition) is 2. The molecule has 1 unspecified atom stereocenters. The monoisotopic (exact) mass is 191 g/mol. The van der Waals surface area contributed by atoms with Gasteiger partial charge in [-0.15, -0.1) is 0 Å². The van der Waals surface area contributed by atoms with E-state index in [2.05, 4.69) is 4.99 Å². The lowest BCUT2D eigenvalue weighted by Gasteiger charge is -2.11. The molecule has 1 aromatic rings. The molecular weight excluding hydrogens is 181 g/mol. The standard InChI is InChI=1S/C11H10FNO/c12-10-4-2-1-3-9(10)11(14)8-5-6-13-7-8/h1-4,6-7,11,14H,5H2. The Kier molecular flexibility index (Phi) is 2.41. The molecule has 0 fully saturated rings. The number of rotatable bonds is 2. The third-order valence-corrected chi connectivity index (χ3v) is 2.22. The van der Waals surface area contributed by atoms with E-state index in [9.17, 15) is 9.50 Å². The zero-order valence-electron chi connectivity index (χ0n) is 7.52. The van der Waals surface area contributed by atoms with Gasteiger partial charge >= 0.3 is 0 Å². The molecule has 14 heavy (non-hydrogen) atoms. The topological polar surface area (TPSA) is 32.6 Å². The molecule has 1 N–H and O–H groups in total. The smallest absolute Gasteiger partial charge is 0.129 e. The fraction of sp³-hybridized carbons (Fsp3) is 0.182. The van der Waals surface area contributed by atoms with E-state index in [1.54, 1.807) is 30.6 Å². The Bertz CT molecular complexity index is 398. The molecule has 0 saturated carbocycles. The van der Waals surface area contributed by atoms with Crippen LogP contribution in [0.2, 0.25) is 0 Å². The van der Waals surface area contributed by atoms with E-state index >= 15 is 0 Å². The lowest BCUT2D eigenvalue weighted by Crippen LogP contribution is -2.03. The van der Waals surface area contributed by atoms with Gasteiger partial charge in [-0.25, -0.2) is 4.39 Å². The van der Waals surface area contributed by atoms with Crippen molar-refractivity contribution in [2.45, 2.75) is 12.5 Å².